The largest absolute Gasteiger partial charge is 0.347 e. The molecular weight excluding hydrogens is 480 g/mol. The number of hydrogen-bond donors (Lipinski definition) is 0. The molecule has 0 bridgehead atoms. The first-order valence-electron chi connectivity index (χ1n) is 12.3. The van der Waals surface area contributed by atoms with Crippen LogP contribution in [0.5, 0.6) is 0 Å². The monoisotopic (exact) mass is 506 g/mol. The van der Waals surface area contributed by atoms with E-state index < -0.39 is 5.79 Å². The summed E-state index contributed by atoms with van der Waals surface area (Å²) in [6, 6.07) is 17.0. The van der Waals surface area contributed by atoms with Crippen LogP contribution in [0.25, 0.3) is 11.3 Å². The van der Waals surface area contributed by atoms with E-state index in [9.17, 15) is 9.59 Å². The number of hydrogen-bond acceptors (Lipinski definition) is 5. The van der Waals surface area contributed by atoms with Gasteiger partial charge in [-0.25, -0.2) is 4.68 Å². The smallest absolute Gasteiger partial charge is 0.253 e. The maximum atomic E-state index is 13.0. The van der Waals surface area contributed by atoms with Crippen LogP contribution >= 0.6 is 11.6 Å². The van der Waals surface area contributed by atoms with Crippen LogP contribution in [0.1, 0.15) is 35.2 Å². The molecule has 0 atom stereocenters. The average Bonchev–Trinajstić information content (AvgIpc) is 3.54. The molecule has 3 aliphatic heterocycles. The van der Waals surface area contributed by atoms with Gasteiger partial charge in [0.15, 0.2) is 5.79 Å². The number of rotatable bonds is 4. The van der Waals surface area contributed by atoms with E-state index in [1.807, 2.05) is 64.2 Å². The van der Waals surface area contributed by atoms with Crippen LogP contribution in [0.3, 0.4) is 0 Å². The molecule has 3 aliphatic rings. The highest BCUT2D eigenvalue weighted by molar-refractivity contribution is 6.30. The summed E-state index contributed by atoms with van der Waals surface area (Å²) in [5, 5.41) is 5.34. The summed E-state index contributed by atoms with van der Waals surface area (Å²) in [5.41, 5.74) is 3.28. The standard InChI is InChI=1S/C27H27ClN4O4/c28-22-3-1-2-21(16-22)23-17-24-31(25(33)8-11-32(24)29-23)18-19-4-6-20(7-5-19)26(34)30-12-9-27(10-13-30)35-14-15-36-27/h1-7,16-17H,8-15,18H2. The Labute approximate surface area is 214 Å². The van der Waals surface area contributed by atoms with E-state index >= 15 is 0 Å². The number of benzene rings is 2. The molecule has 2 aromatic carbocycles. The summed E-state index contributed by atoms with van der Waals surface area (Å²) >= 11 is 6.16. The third-order valence-corrected chi connectivity index (χ3v) is 7.40. The summed E-state index contributed by atoms with van der Waals surface area (Å²) in [4.78, 5) is 29.5. The van der Waals surface area contributed by atoms with Gasteiger partial charge in [-0.05, 0) is 29.8 Å². The van der Waals surface area contributed by atoms with Crippen molar-refractivity contribution in [2.24, 2.45) is 0 Å². The molecule has 9 heteroatoms. The number of fused-ring (bicyclic) bond motifs is 1. The molecule has 36 heavy (non-hydrogen) atoms. The van der Waals surface area contributed by atoms with E-state index in [4.69, 9.17) is 26.2 Å². The Morgan fingerprint density at radius 2 is 1.75 bits per heavy atom. The number of carbonyl (C=O) groups excluding carboxylic acids is 2. The number of ether oxygens (including phenoxy) is 2. The first kappa shape index (κ1) is 23.2. The zero-order chi connectivity index (χ0) is 24.7. The van der Waals surface area contributed by atoms with Gasteiger partial charge in [-0.2, -0.15) is 5.10 Å². The lowest BCUT2D eigenvalue weighted by Gasteiger charge is -2.37. The average molecular weight is 507 g/mol. The van der Waals surface area contributed by atoms with E-state index in [2.05, 4.69) is 0 Å². The number of carbonyl (C=O) groups is 2. The van der Waals surface area contributed by atoms with Gasteiger partial charge in [0.1, 0.15) is 5.82 Å². The molecular formula is C27H27ClN4O4. The van der Waals surface area contributed by atoms with Crippen LogP contribution in [0.15, 0.2) is 54.6 Å². The van der Waals surface area contributed by atoms with Crippen molar-refractivity contribution in [2.45, 2.75) is 38.1 Å². The molecule has 6 rings (SSSR count). The fraction of sp³-hybridized carbons (Fsp3) is 0.370. The number of nitrogens with zero attached hydrogens (tertiary/aromatic N) is 4. The SMILES string of the molecule is O=C(c1ccc(CN2C(=O)CCn3nc(-c4cccc(Cl)c4)cc32)cc1)N1CCC2(CC1)OCCO2. The Hall–Kier alpha value is -3.20. The number of anilines is 1. The van der Waals surface area contributed by atoms with Gasteiger partial charge in [-0.1, -0.05) is 35.9 Å². The number of aryl methyl sites for hydroxylation is 1. The lowest BCUT2D eigenvalue weighted by atomic mass is 10.0. The highest BCUT2D eigenvalue weighted by Crippen LogP contribution is 2.32. The molecule has 2 fully saturated rings. The van der Waals surface area contributed by atoms with Crippen molar-refractivity contribution < 1.29 is 19.1 Å². The quantitative estimate of drug-likeness (QED) is 0.532. The summed E-state index contributed by atoms with van der Waals surface area (Å²) in [6.45, 7) is 3.43. The Morgan fingerprint density at radius 3 is 2.47 bits per heavy atom. The van der Waals surface area contributed by atoms with Gasteiger partial charge in [-0.15, -0.1) is 0 Å². The second kappa shape index (κ2) is 9.35. The van der Waals surface area contributed by atoms with Crippen LogP contribution in [0.4, 0.5) is 5.82 Å². The predicted molar refractivity (Wildman–Crippen MR) is 135 cm³/mol. The Kier molecular flexibility index (Phi) is 6.03. The highest BCUT2D eigenvalue weighted by Gasteiger charge is 2.40. The molecule has 2 amide bonds. The minimum absolute atomic E-state index is 0.00712. The maximum absolute atomic E-state index is 13.0. The Bertz CT molecular complexity index is 1290. The summed E-state index contributed by atoms with van der Waals surface area (Å²) in [5.74, 6) is 0.326. The molecule has 3 aromatic rings. The minimum atomic E-state index is -0.499. The van der Waals surface area contributed by atoms with Crippen molar-refractivity contribution in [1.29, 1.82) is 0 Å². The molecule has 0 N–H and O–H groups in total. The van der Waals surface area contributed by atoms with Crippen LogP contribution in [0.2, 0.25) is 5.02 Å². The van der Waals surface area contributed by atoms with Crippen molar-refractivity contribution >= 4 is 29.2 Å². The van der Waals surface area contributed by atoms with Crippen molar-refractivity contribution in [2.75, 3.05) is 31.2 Å². The number of amides is 2. The third-order valence-electron chi connectivity index (χ3n) is 7.16. The van der Waals surface area contributed by atoms with Crippen molar-refractivity contribution in [3.05, 3.63) is 70.7 Å². The lowest BCUT2D eigenvalue weighted by molar-refractivity contribution is -0.181. The zero-order valence-electron chi connectivity index (χ0n) is 19.9. The Balaban J connectivity index is 1.15. The van der Waals surface area contributed by atoms with E-state index in [1.54, 1.807) is 4.90 Å². The van der Waals surface area contributed by atoms with E-state index in [1.165, 1.54) is 0 Å². The van der Waals surface area contributed by atoms with Crippen molar-refractivity contribution in [3.63, 3.8) is 0 Å². The summed E-state index contributed by atoms with van der Waals surface area (Å²) < 4.78 is 13.4. The highest BCUT2D eigenvalue weighted by atomic mass is 35.5. The molecule has 8 nitrogen and oxygen atoms in total. The van der Waals surface area contributed by atoms with E-state index in [0.717, 1.165) is 22.6 Å². The van der Waals surface area contributed by atoms with Gasteiger partial charge in [-0.3, -0.25) is 14.5 Å². The van der Waals surface area contributed by atoms with Gasteiger partial charge in [0, 0.05) is 54.6 Å². The first-order valence-corrected chi connectivity index (χ1v) is 12.7. The first-order chi connectivity index (χ1) is 17.5. The van der Waals surface area contributed by atoms with Gasteiger partial charge < -0.3 is 14.4 Å². The van der Waals surface area contributed by atoms with Crippen LogP contribution in [0, 0.1) is 0 Å². The zero-order valence-corrected chi connectivity index (χ0v) is 20.6. The van der Waals surface area contributed by atoms with Crippen LogP contribution in [-0.4, -0.2) is 58.6 Å². The molecule has 4 heterocycles. The topological polar surface area (TPSA) is 76.9 Å². The van der Waals surface area contributed by atoms with Gasteiger partial charge in [0.05, 0.1) is 32.0 Å². The van der Waals surface area contributed by atoms with E-state index in [0.29, 0.717) is 69.2 Å². The van der Waals surface area contributed by atoms with Crippen LogP contribution < -0.4 is 4.90 Å². The number of likely N-dealkylation sites (tertiary alicyclic amines) is 1. The molecule has 0 radical (unpaired) electrons. The summed E-state index contributed by atoms with van der Waals surface area (Å²) in [7, 11) is 0. The molecule has 186 valence electrons. The summed E-state index contributed by atoms with van der Waals surface area (Å²) in [6.07, 6.45) is 1.78. The molecule has 1 spiro atoms. The minimum Gasteiger partial charge on any atom is -0.347 e. The predicted octanol–water partition coefficient (Wildman–Crippen LogP) is 4.12. The van der Waals surface area contributed by atoms with Gasteiger partial charge in [0.2, 0.25) is 5.91 Å². The second-order valence-corrected chi connectivity index (χ2v) is 9.88. The third kappa shape index (κ3) is 4.40. The molecule has 0 aliphatic carbocycles. The van der Waals surface area contributed by atoms with Crippen molar-refractivity contribution in [3.8, 4) is 11.3 Å². The fourth-order valence-corrected chi connectivity index (χ4v) is 5.36. The maximum Gasteiger partial charge on any atom is 0.253 e. The number of aromatic nitrogens is 2. The fourth-order valence-electron chi connectivity index (χ4n) is 5.17. The normalized spacial score (nSPS) is 19.1. The van der Waals surface area contributed by atoms with Gasteiger partial charge in [0.25, 0.3) is 5.91 Å². The van der Waals surface area contributed by atoms with E-state index in [-0.39, 0.29) is 11.8 Å². The number of halogens is 1. The van der Waals surface area contributed by atoms with Crippen molar-refractivity contribution in [1.82, 2.24) is 14.7 Å². The Morgan fingerprint density at radius 1 is 1.00 bits per heavy atom. The molecule has 0 saturated carbocycles. The van der Waals surface area contributed by atoms with Crippen LogP contribution in [-0.2, 0) is 27.4 Å². The second-order valence-electron chi connectivity index (χ2n) is 9.45. The lowest BCUT2D eigenvalue weighted by Crippen LogP contribution is -2.47. The molecule has 0 unspecified atom stereocenters. The molecule has 2 saturated heterocycles. The van der Waals surface area contributed by atoms with Gasteiger partial charge >= 0.3 is 0 Å². The molecule has 1 aromatic heterocycles. The number of piperidine rings is 1.